The zero-order valence-corrected chi connectivity index (χ0v) is 16.0. The molecule has 0 saturated heterocycles. The summed E-state index contributed by atoms with van der Waals surface area (Å²) in [4.78, 5) is 20.9. The summed E-state index contributed by atoms with van der Waals surface area (Å²) in [6.07, 6.45) is 1.60. The average molecular weight is 388 g/mol. The van der Waals surface area contributed by atoms with Crippen LogP contribution in [0.25, 0.3) is 22.0 Å². The van der Waals surface area contributed by atoms with E-state index in [1.807, 2.05) is 49.4 Å². The Labute approximate surface area is 168 Å². The van der Waals surface area contributed by atoms with E-state index in [4.69, 9.17) is 11.6 Å². The lowest BCUT2D eigenvalue weighted by Gasteiger charge is -2.17. The van der Waals surface area contributed by atoms with Gasteiger partial charge in [-0.15, -0.1) is 0 Å². The number of nitrogens with zero attached hydrogens (tertiary/aromatic N) is 2. The molecule has 1 atom stereocenters. The highest BCUT2D eigenvalue weighted by molar-refractivity contribution is 6.28. The Bertz CT molecular complexity index is 1150. The molecule has 0 radical (unpaired) electrons. The lowest BCUT2D eigenvalue weighted by molar-refractivity contribution is 0.0940. The molecule has 0 aliphatic heterocycles. The minimum absolute atomic E-state index is 0.129. The number of hydrogen-bond donors (Lipinski definition) is 1. The van der Waals surface area contributed by atoms with Gasteiger partial charge in [-0.3, -0.25) is 4.79 Å². The van der Waals surface area contributed by atoms with Crippen LogP contribution in [0.3, 0.4) is 0 Å². The van der Waals surface area contributed by atoms with Crippen LogP contribution in [-0.2, 0) is 0 Å². The van der Waals surface area contributed by atoms with Gasteiger partial charge in [0.25, 0.3) is 5.91 Å². The van der Waals surface area contributed by atoms with Gasteiger partial charge in [-0.1, -0.05) is 54.6 Å². The number of aromatic nitrogens is 2. The molecule has 5 heteroatoms. The summed E-state index contributed by atoms with van der Waals surface area (Å²) >= 11 is 5.88. The van der Waals surface area contributed by atoms with Crippen LogP contribution in [0, 0.1) is 0 Å². The second-order valence-corrected chi connectivity index (χ2v) is 6.89. The fourth-order valence-electron chi connectivity index (χ4n) is 3.30. The Morgan fingerprint density at radius 1 is 1.00 bits per heavy atom. The second kappa shape index (κ2) is 7.79. The number of rotatable bonds is 4. The zero-order valence-electron chi connectivity index (χ0n) is 15.3. The standard InChI is InChI=1S/C23H18ClN3O/c1-15(19-11-5-7-16-6-2-3-10-20(16)19)26-22(28)18-9-4-8-17(14-18)21-12-13-25-23(24)27-21/h2-15H,1H3,(H,26,28)/t15-/m1/s1. The van der Waals surface area contributed by atoms with E-state index in [2.05, 4.69) is 33.5 Å². The largest absolute Gasteiger partial charge is 0.345 e. The van der Waals surface area contributed by atoms with Crippen LogP contribution in [0.1, 0.15) is 28.9 Å². The van der Waals surface area contributed by atoms with Crippen LogP contribution in [0.2, 0.25) is 5.28 Å². The highest BCUT2D eigenvalue weighted by Gasteiger charge is 2.14. The molecule has 1 aromatic heterocycles. The number of carbonyl (C=O) groups excluding carboxylic acids is 1. The zero-order chi connectivity index (χ0) is 19.5. The first-order valence-corrected chi connectivity index (χ1v) is 9.37. The SMILES string of the molecule is C[C@@H](NC(=O)c1cccc(-c2ccnc(Cl)n2)c1)c1cccc2ccccc12. The van der Waals surface area contributed by atoms with Crippen molar-refractivity contribution in [1.29, 1.82) is 0 Å². The van der Waals surface area contributed by atoms with Gasteiger partial charge in [0, 0.05) is 17.3 Å². The topological polar surface area (TPSA) is 54.9 Å². The average Bonchev–Trinajstić information content (AvgIpc) is 2.73. The van der Waals surface area contributed by atoms with E-state index >= 15 is 0 Å². The molecule has 0 bridgehead atoms. The summed E-state index contributed by atoms with van der Waals surface area (Å²) in [5.74, 6) is -0.137. The van der Waals surface area contributed by atoms with Crippen molar-refractivity contribution in [1.82, 2.24) is 15.3 Å². The molecule has 4 aromatic rings. The molecule has 4 nitrogen and oxygen atoms in total. The van der Waals surface area contributed by atoms with Crippen molar-refractivity contribution in [2.75, 3.05) is 0 Å². The maximum Gasteiger partial charge on any atom is 0.251 e. The number of fused-ring (bicyclic) bond motifs is 1. The fraction of sp³-hybridized carbons (Fsp3) is 0.0870. The van der Waals surface area contributed by atoms with Crippen molar-refractivity contribution < 1.29 is 4.79 Å². The van der Waals surface area contributed by atoms with Crippen LogP contribution >= 0.6 is 11.6 Å². The minimum atomic E-state index is -0.137. The van der Waals surface area contributed by atoms with E-state index in [9.17, 15) is 4.79 Å². The number of halogens is 1. The van der Waals surface area contributed by atoms with Gasteiger partial charge >= 0.3 is 0 Å². The Kier molecular flexibility index (Phi) is 5.04. The molecular weight excluding hydrogens is 370 g/mol. The van der Waals surface area contributed by atoms with E-state index < -0.39 is 0 Å². The lowest BCUT2D eigenvalue weighted by atomic mass is 9.99. The maximum atomic E-state index is 12.8. The molecule has 0 spiro atoms. The predicted octanol–water partition coefficient (Wildman–Crippen LogP) is 5.44. The van der Waals surface area contributed by atoms with E-state index in [1.165, 1.54) is 0 Å². The Balaban J connectivity index is 1.59. The van der Waals surface area contributed by atoms with Crippen molar-refractivity contribution in [3.8, 4) is 11.3 Å². The van der Waals surface area contributed by atoms with Crippen molar-refractivity contribution in [3.05, 3.63) is 95.4 Å². The summed E-state index contributed by atoms with van der Waals surface area (Å²) in [7, 11) is 0. The third-order valence-electron chi connectivity index (χ3n) is 4.68. The highest BCUT2D eigenvalue weighted by Crippen LogP contribution is 2.25. The first kappa shape index (κ1) is 18.1. The van der Waals surface area contributed by atoms with Crippen molar-refractivity contribution >= 4 is 28.3 Å². The minimum Gasteiger partial charge on any atom is -0.345 e. The van der Waals surface area contributed by atoms with Crippen LogP contribution in [0.4, 0.5) is 0 Å². The summed E-state index contributed by atoms with van der Waals surface area (Å²) in [6, 6.07) is 23.3. The molecule has 1 heterocycles. The Morgan fingerprint density at radius 2 is 1.79 bits per heavy atom. The highest BCUT2D eigenvalue weighted by atomic mass is 35.5. The van der Waals surface area contributed by atoms with Gasteiger partial charge in [0.1, 0.15) is 0 Å². The normalized spacial score (nSPS) is 11.9. The van der Waals surface area contributed by atoms with Gasteiger partial charge in [-0.05, 0) is 53.1 Å². The second-order valence-electron chi connectivity index (χ2n) is 6.56. The number of nitrogens with one attached hydrogen (secondary N) is 1. The third kappa shape index (κ3) is 3.73. The molecule has 1 N–H and O–H groups in total. The quantitative estimate of drug-likeness (QED) is 0.474. The van der Waals surface area contributed by atoms with E-state index in [1.54, 1.807) is 18.3 Å². The van der Waals surface area contributed by atoms with Gasteiger partial charge in [0.2, 0.25) is 5.28 Å². The van der Waals surface area contributed by atoms with Gasteiger partial charge in [-0.2, -0.15) is 0 Å². The summed E-state index contributed by atoms with van der Waals surface area (Å²) < 4.78 is 0. The third-order valence-corrected chi connectivity index (χ3v) is 4.87. The molecule has 138 valence electrons. The van der Waals surface area contributed by atoms with Crippen molar-refractivity contribution in [2.45, 2.75) is 13.0 Å². The summed E-state index contributed by atoms with van der Waals surface area (Å²) in [5, 5.41) is 5.57. The maximum absolute atomic E-state index is 12.8. The van der Waals surface area contributed by atoms with Gasteiger partial charge in [0.05, 0.1) is 11.7 Å². The van der Waals surface area contributed by atoms with Gasteiger partial charge < -0.3 is 5.32 Å². The monoisotopic (exact) mass is 387 g/mol. The summed E-state index contributed by atoms with van der Waals surface area (Å²) in [6.45, 7) is 1.99. The molecule has 4 rings (SSSR count). The molecule has 0 aliphatic carbocycles. The predicted molar refractivity (Wildman–Crippen MR) is 112 cm³/mol. The van der Waals surface area contributed by atoms with Crippen LogP contribution in [0.5, 0.6) is 0 Å². The van der Waals surface area contributed by atoms with Crippen LogP contribution in [-0.4, -0.2) is 15.9 Å². The molecule has 0 aliphatic rings. The smallest absolute Gasteiger partial charge is 0.251 e. The molecule has 1 amide bonds. The van der Waals surface area contributed by atoms with Gasteiger partial charge in [0.15, 0.2) is 0 Å². The van der Waals surface area contributed by atoms with Crippen LogP contribution in [0.15, 0.2) is 79.0 Å². The molecule has 0 saturated carbocycles. The van der Waals surface area contributed by atoms with Gasteiger partial charge in [-0.25, -0.2) is 9.97 Å². The van der Waals surface area contributed by atoms with E-state index in [-0.39, 0.29) is 17.2 Å². The Morgan fingerprint density at radius 3 is 2.64 bits per heavy atom. The van der Waals surface area contributed by atoms with Crippen molar-refractivity contribution in [2.24, 2.45) is 0 Å². The lowest BCUT2D eigenvalue weighted by Crippen LogP contribution is -2.26. The molecule has 28 heavy (non-hydrogen) atoms. The number of hydrogen-bond acceptors (Lipinski definition) is 3. The first-order valence-electron chi connectivity index (χ1n) is 8.99. The van der Waals surface area contributed by atoms with Crippen molar-refractivity contribution in [3.63, 3.8) is 0 Å². The number of amides is 1. The molecular formula is C23H18ClN3O. The van der Waals surface area contributed by atoms with E-state index in [0.29, 0.717) is 11.3 Å². The van der Waals surface area contributed by atoms with Crippen LogP contribution < -0.4 is 5.32 Å². The first-order chi connectivity index (χ1) is 13.6. The number of benzene rings is 3. The Hall–Kier alpha value is -3.24. The fourth-order valence-corrected chi connectivity index (χ4v) is 3.45. The van der Waals surface area contributed by atoms with E-state index in [0.717, 1.165) is 21.9 Å². The molecule has 0 unspecified atom stereocenters. The number of carbonyl (C=O) groups is 1. The summed E-state index contributed by atoms with van der Waals surface area (Å²) in [5.41, 5.74) is 3.15. The molecule has 3 aromatic carbocycles. The molecule has 0 fully saturated rings.